The van der Waals surface area contributed by atoms with Crippen molar-refractivity contribution in [1.29, 1.82) is 0 Å². The van der Waals surface area contributed by atoms with Crippen LogP contribution in [0.5, 0.6) is 11.5 Å². The number of nitrogens with zero attached hydrogens (tertiary/aromatic N) is 1. The van der Waals surface area contributed by atoms with Crippen LogP contribution in [0.1, 0.15) is 19.8 Å². The number of hydrogen-bond acceptors (Lipinski definition) is 4. The van der Waals surface area contributed by atoms with E-state index in [9.17, 15) is 0 Å². The molecule has 4 heteroatoms. The Morgan fingerprint density at radius 1 is 1.26 bits per heavy atom. The monoisotopic (exact) mass is 262 g/mol. The van der Waals surface area contributed by atoms with Crippen molar-refractivity contribution in [3.63, 3.8) is 0 Å². The summed E-state index contributed by atoms with van der Waals surface area (Å²) in [7, 11) is 0. The van der Waals surface area contributed by atoms with E-state index in [1.54, 1.807) is 0 Å². The SMILES string of the molecule is CCNC1CCCN(c2ccc3c(c2)OCCO3)C1. The number of nitrogens with one attached hydrogen (secondary N) is 1. The maximum atomic E-state index is 5.66. The zero-order valence-corrected chi connectivity index (χ0v) is 11.5. The summed E-state index contributed by atoms with van der Waals surface area (Å²) < 4.78 is 11.2. The van der Waals surface area contributed by atoms with Crippen LogP contribution in [0.15, 0.2) is 18.2 Å². The average molecular weight is 262 g/mol. The predicted octanol–water partition coefficient (Wildman–Crippen LogP) is 2.04. The molecule has 1 saturated heterocycles. The summed E-state index contributed by atoms with van der Waals surface area (Å²) in [5.41, 5.74) is 1.24. The third-order valence-electron chi connectivity index (χ3n) is 3.81. The first-order chi connectivity index (χ1) is 9.36. The summed E-state index contributed by atoms with van der Waals surface area (Å²) in [5, 5.41) is 3.55. The highest BCUT2D eigenvalue weighted by atomic mass is 16.6. The molecule has 0 bridgehead atoms. The fourth-order valence-corrected chi connectivity index (χ4v) is 2.90. The van der Waals surface area contributed by atoms with Crippen LogP contribution in [0.2, 0.25) is 0 Å². The molecule has 2 aliphatic heterocycles. The summed E-state index contributed by atoms with van der Waals surface area (Å²) in [6, 6.07) is 6.89. The van der Waals surface area contributed by atoms with Gasteiger partial charge in [-0.2, -0.15) is 0 Å². The number of rotatable bonds is 3. The third-order valence-corrected chi connectivity index (χ3v) is 3.81. The Hall–Kier alpha value is -1.42. The maximum Gasteiger partial charge on any atom is 0.163 e. The Bertz CT molecular complexity index is 434. The minimum atomic E-state index is 0.604. The molecule has 19 heavy (non-hydrogen) atoms. The second-order valence-corrected chi connectivity index (χ2v) is 5.17. The third kappa shape index (κ3) is 2.78. The molecule has 1 unspecified atom stereocenters. The molecule has 1 atom stereocenters. The lowest BCUT2D eigenvalue weighted by Gasteiger charge is -2.35. The minimum absolute atomic E-state index is 0.604. The standard InChI is InChI=1S/C15H22N2O2/c1-2-16-12-4-3-7-17(11-12)13-5-6-14-15(10-13)19-9-8-18-14/h5-6,10,12,16H,2-4,7-9,11H2,1H3. The highest BCUT2D eigenvalue weighted by molar-refractivity contribution is 5.57. The van der Waals surface area contributed by atoms with Crippen molar-refractivity contribution < 1.29 is 9.47 Å². The molecule has 1 aromatic rings. The van der Waals surface area contributed by atoms with Crippen molar-refractivity contribution in [2.24, 2.45) is 0 Å². The van der Waals surface area contributed by atoms with E-state index in [0.29, 0.717) is 19.3 Å². The van der Waals surface area contributed by atoms with Crippen molar-refractivity contribution in [2.75, 3.05) is 37.7 Å². The van der Waals surface area contributed by atoms with Crippen molar-refractivity contribution in [2.45, 2.75) is 25.8 Å². The van der Waals surface area contributed by atoms with Crippen LogP contribution in [-0.2, 0) is 0 Å². The van der Waals surface area contributed by atoms with Gasteiger partial charge in [0, 0.05) is 30.9 Å². The fraction of sp³-hybridized carbons (Fsp3) is 0.600. The molecule has 1 N–H and O–H groups in total. The van der Waals surface area contributed by atoms with Crippen LogP contribution in [0.3, 0.4) is 0 Å². The normalized spacial score (nSPS) is 22.4. The molecule has 0 radical (unpaired) electrons. The molecule has 4 nitrogen and oxygen atoms in total. The van der Waals surface area contributed by atoms with Gasteiger partial charge in [0.25, 0.3) is 0 Å². The van der Waals surface area contributed by atoms with Gasteiger partial charge in [-0.15, -0.1) is 0 Å². The van der Waals surface area contributed by atoms with E-state index in [-0.39, 0.29) is 0 Å². The summed E-state index contributed by atoms with van der Waals surface area (Å²) in [4.78, 5) is 2.44. The van der Waals surface area contributed by atoms with E-state index in [0.717, 1.165) is 31.1 Å². The Labute approximate surface area is 114 Å². The molecule has 0 spiro atoms. The second-order valence-electron chi connectivity index (χ2n) is 5.17. The number of piperidine rings is 1. The van der Waals surface area contributed by atoms with E-state index >= 15 is 0 Å². The summed E-state index contributed by atoms with van der Waals surface area (Å²) in [5.74, 6) is 1.75. The fourth-order valence-electron chi connectivity index (χ4n) is 2.90. The first-order valence-electron chi connectivity index (χ1n) is 7.25. The topological polar surface area (TPSA) is 33.7 Å². The van der Waals surface area contributed by atoms with Gasteiger partial charge in [-0.3, -0.25) is 0 Å². The van der Waals surface area contributed by atoms with Crippen molar-refractivity contribution in [3.8, 4) is 11.5 Å². The number of anilines is 1. The van der Waals surface area contributed by atoms with Gasteiger partial charge in [0.15, 0.2) is 11.5 Å². The van der Waals surface area contributed by atoms with Crippen molar-refractivity contribution in [1.82, 2.24) is 5.32 Å². The molecular formula is C15H22N2O2. The van der Waals surface area contributed by atoms with Crippen LogP contribution in [0.25, 0.3) is 0 Å². The number of fused-ring (bicyclic) bond motifs is 1. The number of hydrogen-bond donors (Lipinski definition) is 1. The van der Waals surface area contributed by atoms with Crippen LogP contribution in [0, 0.1) is 0 Å². The lowest BCUT2D eigenvalue weighted by Crippen LogP contribution is -2.45. The van der Waals surface area contributed by atoms with Crippen LogP contribution in [0.4, 0.5) is 5.69 Å². The van der Waals surface area contributed by atoms with Crippen LogP contribution >= 0.6 is 0 Å². The number of ether oxygens (including phenoxy) is 2. The van der Waals surface area contributed by atoms with E-state index in [1.165, 1.54) is 18.5 Å². The van der Waals surface area contributed by atoms with Gasteiger partial charge in [0.2, 0.25) is 0 Å². The van der Waals surface area contributed by atoms with Gasteiger partial charge in [-0.25, -0.2) is 0 Å². The molecule has 0 aliphatic carbocycles. The lowest BCUT2D eigenvalue weighted by molar-refractivity contribution is 0.171. The summed E-state index contributed by atoms with van der Waals surface area (Å²) in [6.07, 6.45) is 2.51. The minimum Gasteiger partial charge on any atom is -0.486 e. The predicted molar refractivity (Wildman–Crippen MR) is 76.3 cm³/mol. The first kappa shape index (κ1) is 12.6. The van der Waals surface area contributed by atoms with Crippen LogP contribution < -0.4 is 19.7 Å². The first-order valence-corrected chi connectivity index (χ1v) is 7.25. The average Bonchev–Trinajstić information content (AvgIpc) is 2.47. The number of benzene rings is 1. The summed E-state index contributed by atoms with van der Waals surface area (Å²) >= 11 is 0. The van der Waals surface area contributed by atoms with E-state index in [2.05, 4.69) is 29.3 Å². The maximum absolute atomic E-state index is 5.66. The van der Waals surface area contributed by atoms with Gasteiger partial charge in [-0.1, -0.05) is 6.92 Å². The van der Waals surface area contributed by atoms with Gasteiger partial charge >= 0.3 is 0 Å². The number of likely N-dealkylation sites (N-methyl/N-ethyl adjacent to an activating group) is 1. The largest absolute Gasteiger partial charge is 0.486 e. The molecular weight excluding hydrogens is 240 g/mol. The van der Waals surface area contributed by atoms with E-state index in [4.69, 9.17) is 9.47 Å². The van der Waals surface area contributed by atoms with Gasteiger partial charge in [0.05, 0.1) is 0 Å². The second kappa shape index (κ2) is 5.70. The Morgan fingerprint density at radius 2 is 2.11 bits per heavy atom. The Morgan fingerprint density at radius 3 is 2.95 bits per heavy atom. The highest BCUT2D eigenvalue weighted by Crippen LogP contribution is 2.34. The smallest absolute Gasteiger partial charge is 0.163 e. The van der Waals surface area contributed by atoms with E-state index in [1.807, 2.05) is 6.07 Å². The highest BCUT2D eigenvalue weighted by Gasteiger charge is 2.21. The molecule has 2 heterocycles. The quantitative estimate of drug-likeness (QED) is 0.904. The van der Waals surface area contributed by atoms with Crippen molar-refractivity contribution >= 4 is 5.69 Å². The molecule has 2 aliphatic rings. The van der Waals surface area contributed by atoms with E-state index < -0.39 is 0 Å². The van der Waals surface area contributed by atoms with Gasteiger partial charge in [-0.05, 0) is 31.5 Å². The summed E-state index contributed by atoms with van der Waals surface area (Å²) in [6.45, 7) is 6.71. The molecule has 0 amide bonds. The molecule has 3 rings (SSSR count). The molecule has 104 valence electrons. The molecule has 0 saturated carbocycles. The van der Waals surface area contributed by atoms with Crippen molar-refractivity contribution in [3.05, 3.63) is 18.2 Å². The van der Waals surface area contributed by atoms with Gasteiger partial charge in [0.1, 0.15) is 13.2 Å². The lowest BCUT2D eigenvalue weighted by atomic mass is 10.0. The Kier molecular flexibility index (Phi) is 3.78. The molecule has 0 aromatic heterocycles. The molecule has 1 fully saturated rings. The van der Waals surface area contributed by atoms with Gasteiger partial charge < -0.3 is 19.7 Å². The van der Waals surface area contributed by atoms with Crippen LogP contribution in [-0.4, -0.2) is 38.9 Å². The Balaban J connectivity index is 1.74. The zero-order chi connectivity index (χ0) is 13.1. The molecule has 1 aromatic carbocycles. The zero-order valence-electron chi connectivity index (χ0n) is 11.5.